The summed E-state index contributed by atoms with van der Waals surface area (Å²) in [4.78, 5) is 4.34. The lowest BCUT2D eigenvalue weighted by atomic mass is 10.1. The third-order valence-corrected chi connectivity index (χ3v) is 7.63. The maximum Gasteiger partial charge on any atom is 0.244 e. The number of fused-ring (bicyclic) bond motifs is 1. The lowest BCUT2D eigenvalue weighted by molar-refractivity contribution is 0.232. The van der Waals surface area contributed by atoms with Gasteiger partial charge in [-0.05, 0) is 57.4 Å². The van der Waals surface area contributed by atoms with Gasteiger partial charge in [0.1, 0.15) is 4.90 Å². The van der Waals surface area contributed by atoms with Crippen LogP contribution < -0.4 is 4.74 Å². The molecule has 0 saturated carbocycles. The van der Waals surface area contributed by atoms with E-state index in [4.69, 9.17) is 16.3 Å². The molecule has 3 aromatic rings. The lowest BCUT2D eigenvalue weighted by Gasteiger charge is -2.32. The number of pyridine rings is 1. The third-order valence-electron chi connectivity index (χ3n) is 5.52. The molecule has 0 atom stereocenters. The summed E-state index contributed by atoms with van der Waals surface area (Å²) in [6.07, 6.45) is 5.01. The first-order chi connectivity index (χ1) is 14.3. The van der Waals surface area contributed by atoms with Gasteiger partial charge in [-0.2, -0.15) is 4.31 Å². The first kappa shape index (κ1) is 21.2. The number of nitrogens with zero attached hydrogens (tertiary/aromatic N) is 3. The van der Waals surface area contributed by atoms with E-state index in [9.17, 15) is 8.42 Å². The molecule has 0 N–H and O–H groups in total. The average molecular weight is 448 g/mol. The Bertz CT molecular complexity index is 1150. The largest absolute Gasteiger partial charge is 0.475 e. The quantitative estimate of drug-likeness (QED) is 0.563. The van der Waals surface area contributed by atoms with Crippen LogP contribution in [0.25, 0.3) is 10.9 Å². The summed E-state index contributed by atoms with van der Waals surface area (Å²) in [6.45, 7) is 6.83. The Kier molecular flexibility index (Phi) is 5.79. The second-order valence-corrected chi connectivity index (χ2v) is 10.4. The van der Waals surface area contributed by atoms with Crippen molar-refractivity contribution < 1.29 is 13.2 Å². The monoisotopic (exact) mass is 447 g/mol. The lowest BCUT2D eigenvalue weighted by Crippen LogP contribution is -2.39. The van der Waals surface area contributed by atoms with Crippen LogP contribution in [0.5, 0.6) is 5.88 Å². The van der Waals surface area contributed by atoms with E-state index in [2.05, 4.69) is 22.7 Å². The highest BCUT2D eigenvalue weighted by atomic mass is 35.5. The molecule has 1 aliphatic rings. The van der Waals surface area contributed by atoms with Crippen LogP contribution in [0, 0.1) is 6.92 Å². The number of benzene rings is 1. The predicted molar refractivity (Wildman–Crippen MR) is 119 cm³/mol. The number of aromatic nitrogens is 2. The SMILES string of the molecule is Cc1cn(C2CCN(S(=O)(=O)c3ccc(OC(C)C)nc3)CC2)c2cc(Cl)ccc12. The molecule has 2 aromatic heterocycles. The third kappa shape index (κ3) is 4.06. The molecule has 6 nitrogen and oxygen atoms in total. The van der Waals surface area contributed by atoms with Crippen molar-refractivity contribution in [3.05, 3.63) is 53.3 Å². The smallest absolute Gasteiger partial charge is 0.244 e. The minimum absolute atomic E-state index is 0.0118. The molecule has 0 bridgehead atoms. The molecular formula is C22H26ClN3O3S. The van der Waals surface area contributed by atoms with Crippen LogP contribution in [0.15, 0.2) is 47.6 Å². The maximum atomic E-state index is 13.0. The summed E-state index contributed by atoms with van der Waals surface area (Å²) in [5.74, 6) is 0.427. The van der Waals surface area contributed by atoms with Crippen molar-refractivity contribution in [3.63, 3.8) is 0 Å². The van der Waals surface area contributed by atoms with E-state index in [1.165, 1.54) is 17.1 Å². The van der Waals surface area contributed by atoms with Crippen LogP contribution in [-0.2, 0) is 10.0 Å². The Balaban J connectivity index is 1.50. The van der Waals surface area contributed by atoms with Crippen LogP contribution in [0.4, 0.5) is 0 Å². The normalized spacial score (nSPS) is 16.4. The molecule has 1 aliphatic heterocycles. The summed E-state index contributed by atoms with van der Waals surface area (Å²) >= 11 is 6.21. The summed E-state index contributed by atoms with van der Waals surface area (Å²) in [7, 11) is -3.57. The summed E-state index contributed by atoms with van der Waals surface area (Å²) in [5.41, 5.74) is 2.30. The van der Waals surface area contributed by atoms with Gasteiger partial charge in [-0.1, -0.05) is 17.7 Å². The number of rotatable bonds is 5. The van der Waals surface area contributed by atoms with Crippen molar-refractivity contribution in [3.8, 4) is 5.88 Å². The number of hydrogen-bond donors (Lipinski definition) is 0. The Labute approximate surface area is 182 Å². The molecular weight excluding hydrogens is 422 g/mol. The molecule has 1 saturated heterocycles. The molecule has 3 heterocycles. The molecule has 0 aliphatic carbocycles. The molecule has 1 aromatic carbocycles. The highest BCUT2D eigenvalue weighted by Crippen LogP contribution is 2.33. The first-order valence-corrected chi connectivity index (χ1v) is 12.0. The fourth-order valence-corrected chi connectivity index (χ4v) is 5.62. The van der Waals surface area contributed by atoms with E-state index in [0.717, 1.165) is 18.4 Å². The minimum atomic E-state index is -3.57. The van der Waals surface area contributed by atoms with Gasteiger partial charge in [0, 0.05) is 41.8 Å². The number of ether oxygens (including phenoxy) is 1. The molecule has 0 unspecified atom stereocenters. The number of piperidine rings is 1. The second kappa shape index (κ2) is 8.21. The van der Waals surface area contributed by atoms with Gasteiger partial charge < -0.3 is 9.30 Å². The Hall–Kier alpha value is -2.09. The van der Waals surface area contributed by atoms with Crippen molar-refractivity contribution in [2.75, 3.05) is 13.1 Å². The fourth-order valence-electron chi connectivity index (χ4n) is 4.04. The predicted octanol–water partition coefficient (Wildman–Crippen LogP) is 4.81. The highest BCUT2D eigenvalue weighted by Gasteiger charge is 2.30. The number of hydrogen-bond acceptors (Lipinski definition) is 4. The Morgan fingerprint density at radius 2 is 1.90 bits per heavy atom. The van der Waals surface area contributed by atoms with E-state index in [1.807, 2.05) is 32.0 Å². The maximum absolute atomic E-state index is 13.0. The number of aryl methyl sites for hydroxylation is 1. The summed E-state index contributed by atoms with van der Waals surface area (Å²) in [5, 5.41) is 1.89. The van der Waals surface area contributed by atoms with Crippen molar-refractivity contribution >= 4 is 32.5 Å². The van der Waals surface area contributed by atoms with Crippen LogP contribution in [0.2, 0.25) is 5.02 Å². The molecule has 8 heteroatoms. The van der Waals surface area contributed by atoms with Crippen molar-refractivity contribution in [1.29, 1.82) is 0 Å². The minimum Gasteiger partial charge on any atom is -0.475 e. The van der Waals surface area contributed by atoms with Crippen molar-refractivity contribution in [2.45, 2.75) is 50.7 Å². The highest BCUT2D eigenvalue weighted by molar-refractivity contribution is 7.89. The molecule has 0 amide bonds. The number of halogens is 1. The molecule has 30 heavy (non-hydrogen) atoms. The topological polar surface area (TPSA) is 64.4 Å². The van der Waals surface area contributed by atoms with Crippen LogP contribution in [-0.4, -0.2) is 41.5 Å². The van der Waals surface area contributed by atoms with E-state index in [1.54, 1.807) is 16.4 Å². The van der Waals surface area contributed by atoms with Gasteiger partial charge in [0.2, 0.25) is 15.9 Å². The fraction of sp³-hybridized carbons (Fsp3) is 0.409. The van der Waals surface area contributed by atoms with Crippen LogP contribution in [0.1, 0.15) is 38.3 Å². The summed E-state index contributed by atoms with van der Waals surface area (Å²) < 4.78 is 35.4. The van der Waals surface area contributed by atoms with Gasteiger partial charge in [-0.25, -0.2) is 13.4 Å². The first-order valence-electron chi connectivity index (χ1n) is 10.2. The zero-order chi connectivity index (χ0) is 21.5. The summed E-state index contributed by atoms with van der Waals surface area (Å²) in [6, 6.07) is 9.35. The van der Waals surface area contributed by atoms with Crippen molar-refractivity contribution in [1.82, 2.24) is 13.9 Å². The van der Waals surface area contributed by atoms with E-state index in [-0.39, 0.29) is 17.0 Å². The van der Waals surface area contributed by atoms with Crippen LogP contribution >= 0.6 is 11.6 Å². The van der Waals surface area contributed by atoms with Gasteiger partial charge in [0.15, 0.2) is 0 Å². The number of sulfonamides is 1. The van der Waals surface area contributed by atoms with Gasteiger partial charge in [-0.3, -0.25) is 0 Å². The van der Waals surface area contributed by atoms with E-state index >= 15 is 0 Å². The Morgan fingerprint density at radius 1 is 1.17 bits per heavy atom. The van der Waals surface area contributed by atoms with Crippen molar-refractivity contribution in [2.24, 2.45) is 0 Å². The molecule has 4 rings (SSSR count). The zero-order valence-corrected chi connectivity index (χ0v) is 18.9. The van der Waals surface area contributed by atoms with E-state index < -0.39 is 10.0 Å². The average Bonchev–Trinajstić information content (AvgIpc) is 3.04. The molecule has 0 radical (unpaired) electrons. The van der Waals surface area contributed by atoms with Crippen LogP contribution in [0.3, 0.4) is 0 Å². The standard InChI is InChI=1S/C22H26ClN3O3S/c1-15(2)29-22-7-5-19(13-24-22)30(27,28)25-10-8-18(9-11-25)26-14-16(3)20-6-4-17(23)12-21(20)26/h4-7,12-15,18H,8-11H2,1-3H3. The van der Waals surface area contributed by atoms with E-state index in [0.29, 0.717) is 24.0 Å². The molecule has 0 spiro atoms. The van der Waals surface area contributed by atoms with Gasteiger partial charge in [0.05, 0.1) is 17.8 Å². The molecule has 1 fully saturated rings. The van der Waals surface area contributed by atoms with Gasteiger partial charge >= 0.3 is 0 Å². The Morgan fingerprint density at radius 3 is 2.53 bits per heavy atom. The van der Waals surface area contributed by atoms with Gasteiger partial charge in [-0.15, -0.1) is 0 Å². The molecule has 160 valence electrons. The second-order valence-electron chi connectivity index (χ2n) is 8.01. The zero-order valence-electron chi connectivity index (χ0n) is 17.4. The van der Waals surface area contributed by atoms with Gasteiger partial charge in [0.25, 0.3) is 0 Å².